The minimum Gasteiger partial charge on any atom is -0.259 e. The Hall–Kier alpha value is -1.25. The van der Waals surface area contributed by atoms with Gasteiger partial charge < -0.3 is 0 Å². The molecule has 18 heavy (non-hydrogen) atoms. The number of aromatic nitrogens is 1. The third kappa shape index (κ3) is 5.89. The van der Waals surface area contributed by atoms with Gasteiger partial charge in [0, 0.05) is 6.20 Å². The van der Waals surface area contributed by atoms with Crippen molar-refractivity contribution in [2.45, 2.75) is 64.3 Å². The Labute approximate surface area is 110 Å². The van der Waals surface area contributed by atoms with Crippen LogP contribution in [0, 0.1) is 4.91 Å². The lowest BCUT2D eigenvalue weighted by atomic mass is 10.0. The second-order valence-corrected chi connectivity index (χ2v) is 4.79. The molecule has 0 bridgehead atoms. The number of nitroso groups, excluding NO2 is 1. The summed E-state index contributed by atoms with van der Waals surface area (Å²) in [7, 11) is 0. The maximum atomic E-state index is 10.8. The lowest BCUT2D eigenvalue weighted by Gasteiger charge is -2.07. The van der Waals surface area contributed by atoms with E-state index < -0.39 is 0 Å². The van der Waals surface area contributed by atoms with Crippen LogP contribution < -0.4 is 0 Å². The number of rotatable bonds is 10. The predicted octanol–water partition coefficient (Wildman–Crippen LogP) is 5.03. The van der Waals surface area contributed by atoms with Crippen LogP contribution in [0.25, 0.3) is 0 Å². The van der Waals surface area contributed by atoms with E-state index in [4.69, 9.17) is 0 Å². The molecule has 0 aliphatic carbocycles. The summed E-state index contributed by atoms with van der Waals surface area (Å²) in [5.41, 5.74) is 0.804. The third-order valence-corrected chi connectivity index (χ3v) is 3.24. The van der Waals surface area contributed by atoms with E-state index in [-0.39, 0.29) is 6.04 Å². The van der Waals surface area contributed by atoms with Crippen LogP contribution in [0.3, 0.4) is 0 Å². The van der Waals surface area contributed by atoms with E-state index in [1.165, 1.54) is 38.5 Å². The molecule has 0 aromatic carbocycles. The summed E-state index contributed by atoms with van der Waals surface area (Å²) >= 11 is 0. The molecule has 1 heterocycles. The van der Waals surface area contributed by atoms with Gasteiger partial charge in [-0.05, 0) is 18.6 Å². The lowest BCUT2D eigenvalue weighted by Crippen LogP contribution is -1.97. The maximum absolute atomic E-state index is 10.8. The Morgan fingerprint density at radius 2 is 1.83 bits per heavy atom. The number of pyridine rings is 1. The van der Waals surface area contributed by atoms with Gasteiger partial charge in [-0.3, -0.25) is 4.98 Å². The second kappa shape index (κ2) is 9.75. The maximum Gasteiger partial charge on any atom is 0.134 e. The van der Waals surface area contributed by atoms with E-state index in [2.05, 4.69) is 17.1 Å². The number of hydrogen-bond acceptors (Lipinski definition) is 3. The molecule has 3 heteroatoms. The van der Waals surface area contributed by atoms with E-state index in [0.717, 1.165) is 18.5 Å². The van der Waals surface area contributed by atoms with Crippen LogP contribution in [-0.2, 0) is 0 Å². The standard InChI is InChI=1S/C15H24N2O/c1-2-3-4-5-6-7-8-12-15(17-18)14-11-9-10-13-16-14/h9-11,13,15H,2-8,12H2,1H3. The molecule has 0 N–H and O–H groups in total. The summed E-state index contributed by atoms with van der Waals surface area (Å²) in [4.78, 5) is 15.0. The zero-order chi connectivity index (χ0) is 13.1. The Kier molecular flexibility index (Phi) is 8.02. The lowest BCUT2D eigenvalue weighted by molar-refractivity contribution is 0.535. The van der Waals surface area contributed by atoms with E-state index in [9.17, 15) is 4.91 Å². The van der Waals surface area contributed by atoms with Crippen molar-refractivity contribution in [3.63, 3.8) is 0 Å². The second-order valence-electron chi connectivity index (χ2n) is 4.79. The van der Waals surface area contributed by atoms with Gasteiger partial charge in [0.05, 0.1) is 5.69 Å². The topological polar surface area (TPSA) is 42.3 Å². The van der Waals surface area contributed by atoms with Crippen LogP contribution in [0.15, 0.2) is 29.6 Å². The smallest absolute Gasteiger partial charge is 0.134 e. The molecule has 100 valence electrons. The SMILES string of the molecule is CCCCCCCCCC(N=O)c1ccccn1. The molecule has 0 radical (unpaired) electrons. The molecule has 1 aromatic rings. The summed E-state index contributed by atoms with van der Waals surface area (Å²) < 4.78 is 0. The van der Waals surface area contributed by atoms with Crippen molar-refractivity contribution in [3.05, 3.63) is 35.0 Å². The molecule has 1 atom stereocenters. The highest BCUT2D eigenvalue weighted by molar-refractivity contribution is 5.08. The zero-order valence-corrected chi connectivity index (χ0v) is 11.3. The van der Waals surface area contributed by atoms with E-state index in [1.54, 1.807) is 6.20 Å². The summed E-state index contributed by atoms with van der Waals surface area (Å²) in [5.74, 6) is 0. The van der Waals surface area contributed by atoms with Gasteiger partial charge in [0.2, 0.25) is 0 Å². The number of hydrogen-bond donors (Lipinski definition) is 0. The van der Waals surface area contributed by atoms with Gasteiger partial charge in [0.15, 0.2) is 0 Å². The fourth-order valence-electron chi connectivity index (χ4n) is 2.12. The van der Waals surface area contributed by atoms with Crippen molar-refractivity contribution in [1.29, 1.82) is 0 Å². The normalized spacial score (nSPS) is 12.3. The molecule has 0 saturated heterocycles. The molecule has 0 fully saturated rings. The minimum absolute atomic E-state index is 0.262. The first kappa shape index (κ1) is 14.8. The van der Waals surface area contributed by atoms with Gasteiger partial charge in [0.1, 0.15) is 6.04 Å². The van der Waals surface area contributed by atoms with E-state index in [0.29, 0.717) is 0 Å². The van der Waals surface area contributed by atoms with Crippen LogP contribution >= 0.6 is 0 Å². The van der Waals surface area contributed by atoms with Crippen molar-refractivity contribution >= 4 is 0 Å². The molecule has 0 spiro atoms. The zero-order valence-electron chi connectivity index (χ0n) is 11.3. The van der Waals surface area contributed by atoms with Gasteiger partial charge in [-0.25, -0.2) is 0 Å². The van der Waals surface area contributed by atoms with E-state index >= 15 is 0 Å². The molecule has 0 saturated carbocycles. The molecule has 1 aromatic heterocycles. The average molecular weight is 248 g/mol. The van der Waals surface area contributed by atoms with Gasteiger partial charge in [-0.1, -0.05) is 63.1 Å². The van der Waals surface area contributed by atoms with Crippen molar-refractivity contribution in [3.8, 4) is 0 Å². The first-order chi connectivity index (χ1) is 8.88. The van der Waals surface area contributed by atoms with Crippen molar-refractivity contribution in [2.75, 3.05) is 0 Å². The first-order valence-electron chi connectivity index (χ1n) is 7.12. The quantitative estimate of drug-likeness (QED) is 0.430. The third-order valence-electron chi connectivity index (χ3n) is 3.24. The highest BCUT2D eigenvalue weighted by atomic mass is 16.3. The van der Waals surface area contributed by atoms with Crippen LogP contribution in [0.5, 0.6) is 0 Å². The number of nitrogens with zero attached hydrogens (tertiary/aromatic N) is 2. The summed E-state index contributed by atoms with van der Waals surface area (Å²) in [6.45, 7) is 2.23. The first-order valence-corrected chi connectivity index (χ1v) is 7.12. The van der Waals surface area contributed by atoms with Gasteiger partial charge in [-0.15, -0.1) is 0 Å². The fraction of sp³-hybridized carbons (Fsp3) is 0.667. The Morgan fingerprint density at radius 3 is 2.44 bits per heavy atom. The van der Waals surface area contributed by atoms with Crippen LogP contribution in [0.4, 0.5) is 0 Å². The molecule has 1 rings (SSSR count). The largest absolute Gasteiger partial charge is 0.259 e. The molecule has 0 aliphatic rings. The fourth-order valence-corrected chi connectivity index (χ4v) is 2.12. The molecule has 3 nitrogen and oxygen atoms in total. The Balaban J connectivity index is 2.15. The van der Waals surface area contributed by atoms with Crippen LogP contribution in [0.1, 0.15) is 70.0 Å². The van der Waals surface area contributed by atoms with Crippen molar-refractivity contribution in [2.24, 2.45) is 5.18 Å². The summed E-state index contributed by atoms with van der Waals surface area (Å²) in [6, 6.07) is 5.39. The van der Waals surface area contributed by atoms with Crippen LogP contribution in [0.2, 0.25) is 0 Å². The van der Waals surface area contributed by atoms with E-state index in [1.807, 2.05) is 18.2 Å². The highest BCUT2D eigenvalue weighted by Gasteiger charge is 2.11. The number of unbranched alkanes of at least 4 members (excludes halogenated alkanes) is 6. The molecule has 0 amide bonds. The van der Waals surface area contributed by atoms with Gasteiger partial charge in [0.25, 0.3) is 0 Å². The summed E-state index contributed by atoms with van der Waals surface area (Å²) in [5, 5.41) is 3.19. The monoisotopic (exact) mass is 248 g/mol. The predicted molar refractivity (Wildman–Crippen MR) is 75.4 cm³/mol. The molecule has 0 aliphatic heterocycles. The summed E-state index contributed by atoms with van der Waals surface area (Å²) in [6.07, 6.45) is 11.4. The highest BCUT2D eigenvalue weighted by Crippen LogP contribution is 2.22. The molecule has 1 unspecified atom stereocenters. The Morgan fingerprint density at radius 1 is 1.11 bits per heavy atom. The average Bonchev–Trinajstić information content (AvgIpc) is 2.43. The van der Waals surface area contributed by atoms with Crippen molar-refractivity contribution < 1.29 is 0 Å². The minimum atomic E-state index is -0.262. The van der Waals surface area contributed by atoms with Crippen molar-refractivity contribution in [1.82, 2.24) is 4.98 Å². The molecular weight excluding hydrogens is 224 g/mol. The molecular formula is C15H24N2O. The van der Waals surface area contributed by atoms with Gasteiger partial charge >= 0.3 is 0 Å². The Bertz CT molecular complexity index is 314. The van der Waals surface area contributed by atoms with Gasteiger partial charge in [-0.2, -0.15) is 4.91 Å². The van der Waals surface area contributed by atoms with Crippen LogP contribution in [-0.4, -0.2) is 4.98 Å².